The summed E-state index contributed by atoms with van der Waals surface area (Å²) in [7, 11) is 0. The van der Waals surface area contributed by atoms with Crippen molar-refractivity contribution in [3.63, 3.8) is 0 Å². The molecule has 126 valence electrons. The van der Waals surface area contributed by atoms with Crippen LogP contribution in [0.1, 0.15) is 39.0 Å². The molecule has 0 aromatic carbocycles. The normalized spacial score (nSPS) is 26.9. The van der Waals surface area contributed by atoms with E-state index in [1.807, 2.05) is 6.08 Å². The molecule has 0 bridgehead atoms. The van der Waals surface area contributed by atoms with Crippen molar-refractivity contribution in [3.05, 3.63) is 11.6 Å². The number of aliphatic carboxylic acids is 1. The Balaban J connectivity index is 2.11. The molecule has 1 fully saturated rings. The van der Waals surface area contributed by atoms with E-state index in [-0.39, 0.29) is 6.61 Å². The van der Waals surface area contributed by atoms with Gasteiger partial charge in [-0.1, -0.05) is 6.08 Å². The van der Waals surface area contributed by atoms with E-state index in [2.05, 4.69) is 0 Å². The first-order valence-corrected chi connectivity index (χ1v) is 7.32. The number of carboxylic acids is 1. The van der Waals surface area contributed by atoms with E-state index in [0.717, 1.165) is 38.2 Å². The van der Waals surface area contributed by atoms with Crippen molar-refractivity contribution in [2.24, 2.45) is 0 Å². The van der Waals surface area contributed by atoms with Gasteiger partial charge in [-0.15, -0.1) is 0 Å². The summed E-state index contributed by atoms with van der Waals surface area (Å²) in [6.07, 6.45) is 3.20. The molecule has 2 unspecified atom stereocenters. The summed E-state index contributed by atoms with van der Waals surface area (Å²) in [5.41, 5.74) is -1.44. The summed E-state index contributed by atoms with van der Waals surface area (Å²) in [4.78, 5) is 46.3. The minimum absolute atomic E-state index is 0.00263. The van der Waals surface area contributed by atoms with E-state index in [9.17, 15) is 24.3 Å². The van der Waals surface area contributed by atoms with Gasteiger partial charge in [-0.05, 0) is 31.3 Å². The van der Waals surface area contributed by atoms with E-state index in [1.54, 1.807) is 0 Å². The van der Waals surface area contributed by atoms with Crippen LogP contribution in [0.3, 0.4) is 0 Å². The number of hydrogen-bond acceptors (Lipinski definition) is 7. The van der Waals surface area contributed by atoms with Gasteiger partial charge in [0.05, 0.1) is 0 Å². The Kier molecular flexibility index (Phi) is 5.02. The van der Waals surface area contributed by atoms with Crippen LogP contribution in [0.2, 0.25) is 0 Å². The molecule has 0 saturated carbocycles. The van der Waals surface area contributed by atoms with E-state index in [4.69, 9.17) is 14.2 Å². The molecule has 2 rings (SSSR count). The summed E-state index contributed by atoms with van der Waals surface area (Å²) in [6.45, 7) is 0.991. The van der Waals surface area contributed by atoms with Crippen LogP contribution >= 0.6 is 0 Å². The summed E-state index contributed by atoms with van der Waals surface area (Å²) in [5, 5.41) is 9.34. The number of cyclic esters (lactones) is 1. The minimum Gasteiger partial charge on any atom is -0.478 e. The van der Waals surface area contributed by atoms with Gasteiger partial charge in [-0.3, -0.25) is 9.59 Å². The van der Waals surface area contributed by atoms with Crippen LogP contribution in [0, 0.1) is 0 Å². The van der Waals surface area contributed by atoms with Crippen LogP contribution in [0.15, 0.2) is 11.6 Å². The standard InChI is InChI=1S/C15H18O8/c1-9(16)23-15(14(19)20)7-11(17)22-12(15)13(18)21-8-10-5-3-2-4-6-10/h5,12H,2-4,6-8H2,1H3,(H,19,20). The molecule has 1 N–H and O–H groups in total. The number of esters is 3. The zero-order valence-corrected chi connectivity index (χ0v) is 12.7. The minimum atomic E-state index is -2.37. The lowest BCUT2D eigenvalue weighted by Crippen LogP contribution is -2.53. The third-order valence-corrected chi connectivity index (χ3v) is 3.77. The number of hydrogen-bond donors (Lipinski definition) is 1. The van der Waals surface area contributed by atoms with E-state index in [1.165, 1.54) is 0 Å². The zero-order valence-electron chi connectivity index (χ0n) is 12.7. The maximum atomic E-state index is 12.2. The van der Waals surface area contributed by atoms with Gasteiger partial charge in [0.1, 0.15) is 13.0 Å². The predicted octanol–water partition coefficient (Wildman–Crippen LogP) is 0.732. The predicted molar refractivity (Wildman–Crippen MR) is 74.1 cm³/mol. The Bertz CT molecular complexity index is 564. The molecule has 1 saturated heterocycles. The Morgan fingerprint density at radius 2 is 2.13 bits per heavy atom. The van der Waals surface area contributed by atoms with Crippen molar-refractivity contribution in [2.45, 2.75) is 50.7 Å². The lowest BCUT2D eigenvalue weighted by atomic mass is 9.95. The summed E-state index contributed by atoms with van der Waals surface area (Å²) >= 11 is 0. The highest BCUT2D eigenvalue weighted by atomic mass is 16.6. The molecule has 1 heterocycles. The van der Waals surface area contributed by atoms with Crippen molar-refractivity contribution in [1.82, 2.24) is 0 Å². The fourth-order valence-corrected chi connectivity index (χ4v) is 2.67. The molecule has 0 amide bonds. The molecule has 0 aromatic heterocycles. The number of ether oxygens (including phenoxy) is 3. The van der Waals surface area contributed by atoms with Crippen molar-refractivity contribution in [2.75, 3.05) is 6.61 Å². The Hall–Kier alpha value is -2.38. The van der Waals surface area contributed by atoms with Crippen molar-refractivity contribution in [3.8, 4) is 0 Å². The molecule has 2 aliphatic rings. The molecule has 1 aliphatic heterocycles. The molecular formula is C15H18O8. The molecule has 1 aliphatic carbocycles. The third kappa shape index (κ3) is 3.69. The highest BCUT2D eigenvalue weighted by Crippen LogP contribution is 2.33. The molecule has 23 heavy (non-hydrogen) atoms. The smallest absolute Gasteiger partial charge is 0.353 e. The quantitative estimate of drug-likeness (QED) is 0.446. The number of carbonyl (C=O) groups is 4. The molecule has 2 atom stereocenters. The molecule has 0 radical (unpaired) electrons. The fraction of sp³-hybridized carbons (Fsp3) is 0.600. The van der Waals surface area contributed by atoms with Crippen molar-refractivity contribution in [1.29, 1.82) is 0 Å². The van der Waals surface area contributed by atoms with E-state index in [0.29, 0.717) is 0 Å². The molecule has 8 heteroatoms. The summed E-state index contributed by atoms with van der Waals surface area (Å²) in [6, 6.07) is 0. The monoisotopic (exact) mass is 326 g/mol. The zero-order chi connectivity index (χ0) is 17.0. The van der Waals surface area contributed by atoms with Gasteiger partial charge in [0.25, 0.3) is 5.60 Å². The highest BCUT2D eigenvalue weighted by Gasteiger charge is 2.62. The molecule has 0 aromatic rings. The second-order valence-electron chi connectivity index (χ2n) is 5.55. The first-order valence-electron chi connectivity index (χ1n) is 7.32. The van der Waals surface area contributed by atoms with Gasteiger partial charge in [-0.2, -0.15) is 0 Å². The topological polar surface area (TPSA) is 116 Å². The SMILES string of the molecule is CC(=O)OC1(C(=O)O)CC(=O)OC1C(=O)OCC1=CCCCC1. The van der Waals surface area contributed by atoms with Crippen LogP contribution in [-0.2, 0) is 33.4 Å². The Morgan fingerprint density at radius 3 is 2.70 bits per heavy atom. The van der Waals surface area contributed by atoms with Crippen LogP contribution in [-0.4, -0.2) is 47.3 Å². The maximum absolute atomic E-state index is 12.2. The lowest BCUT2D eigenvalue weighted by molar-refractivity contribution is -0.191. The van der Waals surface area contributed by atoms with E-state index >= 15 is 0 Å². The van der Waals surface area contributed by atoms with Gasteiger partial charge < -0.3 is 19.3 Å². The third-order valence-electron chi connectivity index (χ3n) is 3.77. The highest BCUT2D eigenvalue weighted by molar-refractivity contribution is 5.98. The average Bonchev–Trinajstić information content (AvgIpc) is 2.83. The second kappa shape index (κ2) is 6.80. The first kappa shape index (κ1) is 17.0. The molecule has 0 spiro atoms. The van der Waals surface area contributed by atoms with Crippen LogP contribution in [0.25, 0.3) is 0 Å². The Labute approximate surface area is 132 Å². The largest absolute Gasteiger partial charge is 0.478 e. The molecule has 8 nitrogen and oxygen atoms in total. The van der Waals surface area contributed by atoms with Gasteiger partial charge in [-0.25, -0.2) is 9.59 Å². The maximum Gasteiger partial charge on any atom is 0.353 e. The van der Waals surface area contributed by atoms with Crippen LogP contribution in [0.5, 0.6) is 0 Å². The number of allylic oxidation sites excluding steroid dienone is 1. The number of carbonyl (C=O) groups excluding carboxylic acids is 3. The van der Waals surface area contributed by atoms with E-state index < -0.39 is 42.0 Å². The van der Waals surface area contributed by atoms with Gasteiger partial charge >= 0.3 is 23.9 Å². The number of rotatable bonds is 5. The lowest BCUT2D eigenvalue weighted by Gasteiger charge is -2.26. The van der Waals surface area contributed by atoms with Crippen LogP contribution in [0.4, 0.5) is 0 Å². The number of carboxylic acid groups (broad SMARTS) is 1. The average molecular weight is 326 g/mol. The second-order valence-corrected chi connectivity index (χ2v) is 5.55. The van der Waals surface area contributed by atoms with Crippen LogP contribution < -0.4 is 0 Å². The molecular weight excluding hydrogens is 308 g/mol. The summed E-state index contributed by atoms with van der Waals surface area (Å²) in [5.74, 6) is -4.53. The summed E-state index contributed by atoms with van der Waals surface area (Å²) < 4.78 is 14.6. The van der Waals surface area contributed by atoms with Gasteiger partial charge in [0.15, 0.2) is 0 Å². The Morgan fingerprint density at radius 1 is 1.39 bits per heavy atom. The van der Waals surface area contributed by atoms with Gasteiger partial charge in [0, 0.05) is 6.92 Å². The van der Waals surface area contributed by atoms with Crippen molar-refractivity contribution < 1.29 is 38.5 Å². The fourth-order valence-electron chi connectivity index (χ4n) is 2.67. The van der Waals surface area contributed by atoms with Crippen molar-refractivity contribution >= 4 is 23.9 Å². The first-order chi connectivity index (χ1) is 10.8. The van der Waals surface area contributed by atoms with Gasteiger partial charge in [0.2, 0.25) is 6.10 Å².